The third-order valence-corrected chi connectivity index (χ3v) is 1.81. The quantitative estimate of drug-likeness (QED) is 0.776. The molecule has 0 radical (unpaired) electrons. The minimum Gasteiger partial charge on any atom is -0.489 e. The van der Waals surface area contributed by atoms with Gasteiger partial charge in [-0.2, -0.15) is 0 Å². The second kappa shape index (κ2) is 4.23. The first-order valence-corrected chi connectivity index (χ1v) is 4.26. The maximum Gasteiger partial charge on any atom is 0.126 e. The van der Waals surface area contributed by atoms with Gasteiger partial charge in [-0.1, -0.05) is 6.07 Å². The van der Waals surface area contributed by atoms with Gasteiger partial charge in [-0.15, -0.1) is 0 Å². The summed E-state index contributed by atoms with van der Waals surface area (Å²) in [5.74, 6) is 0.280. The number of benzene rings is 1. The van der Waals surface area contributed by atoms with Crippen molar-refractivity contribution in [1.82, 2.24) is 0 Å². The van der Waals surface area contributed by atoms with Gasteiger partial charge in [0.15, 0.2) is 0 Å². The van der Waals surface area contributed by atoms with Gasteiger partial charge in [-0.3, -0.25) is 0 Å². The van der Waals surface area contributed by atoms with E-state index in [2.05, 4.69) is 0 Å². The highest BCUT2D eigenvalue weighted by atomic mass is 19.1. The van der Waals surface area contributed by atoms with Crippen molar-refractivity contribution in [3.8, 4) is 5.75 Å². The fraction of sp³-hybridized carbons (Fsp3) is 0.400. The summed E-state index contributed by atoms with van der Waals surface area (Å²) in [5, 5.41) is 0. The fourth-order valence-corrected chi connectivity index (χ4v) is 0.966. The second-order valence-electron chi connectivity index (χ2n) is 3.07. The molecule has 1 atom stereocenters. The van der Waals surface area contributed by atoms with Crippen molar-refractivity contribution in [2.24, 2.45) is 5.73 Å². The number of hydrogen-bond donors (Lipinski definition) is 1. The third kappa shape index (κ3) is 2.70. The van der Waals surface area contributed by atoms with E-state index in [1.807, 2.05) is 13.8 Å². The lowest BCUT2D eigenvalue weighted by molar-refractivity contribution is 0.227. The van der Waals surface area contributed by atoms with Crippen molar-refractivity contribution >= 4 is 0 Å². The van der Waals surface area contributed by atoms with Gasteiger partial charge in [-0.25, -0.2) is 4.39 Å². The third-order valence-electron chi connectivity index (χ3n) is 1.81. The molecule has 0 heterocycles. The molecule has 0 aliphatic carbocycles. The largest absolute Gasteiger partial charge is 0.489 e. The summed E-state index contributed by atoms with van der Waals surface area (Å²) >= 11 is 0. The van der Waals surface area contributed by atoms with Crippen LogP contribution in [0.3, 0.4) is 0 Å². The minimum atomic E-state index is -0.287. The molecule has 0 saturated carbocycles. The molecule has 2 nitrogen and oxygen atoms in total. The predicted octanol–water partition coefficient (Wildman–Crippen LogP) is 1.86. The van der Waals surface area contributed by atoms with Crippen LogP contribution in [0, 0.1) is 12.7 Å². The Kier molecular flexibility index (Phi) is 3.25. The molecule has 72 valence electrons. The van der Waals surface area contributed by atoms with Crippen LogP contribution in [-0.4, -0.2) is 12.6 Å². The molecule has 0 aliphatic rings. The summed E-state index contributed by atoms with van der Waals surface area (Å²) in [6.45, 7) is 4.15. The summed E-state index contributed by atoms with van der Waals surface area (Å²) in [6, 6.07) is 4.48. The Bertz CT molecular complexity index is 288. The van der Waals surface area contributed by atoms with Crippen LogP contribution in [0.15, 0.2) is 18.2 Å². The molecule has 0 saturated heterocycles. The number of ether oxygens (including phenoxy) is 1. The second-order valence-corrected chi connectivity index (χ2v) is 3.07. The van der Waals surface area contributed by atoms with Gasteiger partial charge in [0.25, 0.3) is 0 Å². The van der Waals surface area contributed by atoms with E-state index in [4.69, 9.17) is 10.5 Å². The van der Waals surface area contributed by atoms with Gasteiger partial charge < -0.3 is 10.5 Å². The average Bonchev–Trinajstić information content (AvgIpc) is 2.11. The summed E-state index contributed by atoms with van der Waals surface area (Å²) in [6.07, 6.45) is -0.0829. The van der Waals surface area contributed by atoms with Crippen molar-refractivity contribution in [2.45, 2.75) is 20.0 Å². The van der Waals surface area contributed by atoms with Crippen LogP contribution < -0.4 is 10.5 Å². The first kappa shape index (κ1) is 9.99. The Balaban J connectivity index is 2.81. The first-order valence-electron chi connectivity index (χ1n) is 4.26. The van der Waals surface area contributed by atoms with Crippen LogP contribution in [-0.2, 0) is 0 Å². The van der Waals surface area contributed by atoms with Crippen LogP contribution in [0.1, 0.15) is 12.5 Å². The molecule has 0 amide bonds. The van der Waals surface area contributed by atoms with Gasteiger partial charge >= 0.3 is 0 Å². The fourth-order valence-electron chi connectivity index (χ4n) is 0.966. The minimum absolute atomic E-state index is 0.0829. The lowest BCUT2D eigenvalue weighted by Crippen LogP contribution is -2.23. The van der Waals surface area contributed by atoms with Crippen LogP contribution in [0.2, 0.25) is 0 Å². The maximum atomic E-state index is 12.8. The Morgan fingerprint density at radius 1 is 1.54 bits per heavy atom. The highest BCUT2D eigenvalue weighted by molar-refractivity contribution is 5.32. The molecule has 1 aromatic carbocycles. The van der Waals surface area contributed by atoms with Crippen LogP contribution >= 0.6 is 0 Å². The van der Waals surface area contributed by atoms with Crippen molar-refractivity contribution in [1.29, 1.82) is 0 Å². The smallest absolute Gasteiger partial charge is 0.126 e. The molecular formula is C10H14FNO. The van der Waals surface area contributed by atoms with E-state index in [1.165, 1.54) is 12.1 Å². The molecule has 0 aromatic heterocycles. The number of rotatable bonds is 3. The van der Waals surface area contributed by atoms with E-state index in [0.717, 1.165) is 5.56 Å². The highest BCUT2D eigenvalue weighted by Crippen LogP contribution is 2.19. The first-order chi connectivity index (χ1) is 6.13. The Morgan fingerprint density at radius 3 is 2.85 bits per heavy atom. The number of halogens is 1. The zero-order valence-electron chi connectivity index (χ0n) is 7.88. The van der Waals surface area contributed by atoms with Gasteiger partial charge in [0.2, 0.25) is 0 Å². The van der Waals surface area contributed by atoms with Gasteiger partial charge in [0.05, 0.1) is 0 Å². The number of nitrogens with two attached hydrogens (primary N) is 1. The van der Waals surface area contributed by atoms with E-state index in [1.54, 1.807) is 6.07 Å². The summed E-state index contributed by atoms with van der Waals surface area (Å²) < 4.78 is 18.2. The normalized spacial score (nSPS) is 12.6. The SMILES string of the molecule is Cc1ccc(F)cc1OC(C)CN. The van der Waals surface area contributed by atoms with Crippen molar-refractivity contribution in [3.05, 3.63) is 29.6 Å². The Morgan fingerprint density at radius 2 is 2.23 bits per heavy atom. The van der Waals surface area contributed by atoms with E-state index >= 15 is 0 Å². The standard InChI is InChI=1S/C10H14FNO/c1-7-3-4-9(11)5-10(7)13-8(2)6-12/h3-5,8H,6,12H2,1-2H3. The molecule has 3 heteroatoms. The van der Waals surface area contributed by atoms with Crippen molar-refractivity contribution < 1.29 is 9.13 Å². The van der Waals surface area contributed by atoms with Crippen molar-refractivity contribution in [2.75, 3.05) is 6.54 Å². The number of aryl methyl sites for hydroxylation is 1. The van der Waals surface area contributed by atoms with Gasteiger partial charge in [-0.05, 0) is 25.5 Å². The van der Waals surface area contributed by atoms with E-state index in [-0.39, 0.29) is 11.9 Å². The van der Waals surface area contributed by atoms with Crippen LogP contribution in [0.5, 0.6) is 5.75 Å². The lowest BCUT2D eigenvalue weighted by Gasteiger charge is -2.14. The van der Waals surface area contributed by atoms with Gasteiger partial charge in [0, 0.05) is 12.6 Å². The highest BCUT2D eigenvalue weighted by Gasteiger charge is 2.05. The average molecular weight is 183 g/mol. The molecule has 2 N–H and O–H groups in total. The summed E-state index contributed by atoms with van der Waals surface area (Å²) in [4.78, 5) is 0. The molecule has 0 aliphatic heterocycles. The Hall–Kier alpha value is -1.09. The number of hydrogen-bond acceptors (Lipinski definition) is 2. The molecule has 0 fully saturated rings. The molecule has 1 aromatic rings. The maximum absolute atomic E-state index is 12.8. The molecule has 0 bridgehead atoms. The van der Waals surface area contributed by atoms with E-state index in [0.29, 0.717) is 12.3 Å². The topological polar surface area (TPSA) is 35.2 Å². The molecule has 13 heavy (non-hydrogen) atoms. The molecular weight excluding hydrogens is 169 g/mol. The summed E-state index contributed by atoms with van der Waals surface area (Å²) in [5.41, 5.74) is 6.31. The summed E-state index contributed by atoms with van der Waals surface area (Å²) in [7, 11) is 0. The predicted molar refractivity (Wildman–Crippen MR) is 50.3 cm³/mol. The van der Waals surface area contributed by atoms with Crippen LogP contribution in [0.25, 0.3) is 0 Å². The molecule has 1 rings (SSSR count). The Labute approximate surface area is 77.5 Å². The molecule has 0 spiro atoms. The molecule has 1 unspecified atom stereocenters. The van der Waals surface area contributed by atoms with Crippen LogP contribution in [0.4, 0.5) is 4.39 Å². The zero-order valence-corrected chi connectivity index (χ0v) is 7.88. The van der Waals surface area contributed by atoms with Gasteiger partial charge in [0.1, 0.15) is 17.7 Å². The van der Waals surface area contributed by atoms with Crippen molar-refractivity contribution in [3.63, 3.8) is 0 Å². The van der Waals surface area contributed by atoms with E-state index in [9.17, 15) is 4.39 Å². The zero-order chi connectivity index (χ0) is 9.84. The van der Waals surface area contributed by atoms with E-state index < -0.39 is 0 Å². The monoisotopic (exact) mass is 183 g/mol. The lowest BCUT2D eigenvalue weighted by atomic mass is 10.2.